The summed E-state index contributed by atoms with van der Waals surface area (Å²) in [5.41, 5.74) is 1.01. The van der Waals surface area contributed by atoms with Gasteiger partial charge in [-0.2, -0.15) is 5.10 Å². The molecule has 1 amide bonds. The first-order valence-electron chi connectivity index (χ1n) is 7.46. The molecule has 1 aliphatic carbocycles. The topological polar surface area (TPSA) is 67.2 Å². The second-order valence-corrected chi connectivity index (χ2v) is 6.09. The van der Waals surface area contributed by atoms with Crippen LogP contribution in [-0.2, 0) is 13.5 Å². The standard InChI is InChI=1S/C15H25N3O2/c1-4-12-8-13(18(3)17-12)14(20)16-15(10-19)7-5-6-11(2)9-15/h8,11,19H,4-7,9-10H2,1-3H3,(H,16,20). The van der Waals surface area contributed by atoms with Crippen molar-refractivity contribution in [3.8, 4) is 0 Å². The number of aliphatic hydroxyl groups is 1. The molecule has 0 radical (unpaired) electrons. The third-order valence-corrected chi connectivity index (χ3v) is 4.30. The normalized spacial score (nSPS) is 26.5. The average molecular weight is 279 g/mol. The number of aryl methyl sites for hydroxylation is 2. The summed E-state index contributed by atoms with van der Waals surface area (Å²) >= 11 is 0. The number of aliphatic hydroxyl groups excluding tert-OH is 1. The smallest absolute Gasteiger partial charge is 0.270 e. The molecule has 112 valence electrons. The molecule has 1 fully saturated rings. The molecule has 20 heavy (non-hydrogen) atoms. The molecule has 5 nitrogen and oxygen atoms in total. The summed E-state index contributed by atoms with van der Waals surface area (Å²) in [6.45, 7) is 4.19. The van der Waals surface area contributed by atoms with Crippen LogP contribution in [0.2, 0.25) is 0 Å². The number of carbonyl (C=O) groups is 1. The Kier molecular flexibility index (Phi) is 4.48. The van der Waals surface area contributed by atoms with E-state index in [1.165, 1.54) is 6.42 Å². The predicted octanol–water partition coefficient (Wildman–Crippen LogP) is 1.65. The van der Waals surface area contributed by atoms with Gasteiger partial charge >= 0.3 is 0 Å². The average Bonchev–Trinajstić information content (AvgIpc) is 2.80. The minimum Gasteiger partial charge on any atom is -0.394 e. The summed E-state index contributed by atoms with van der Waals surface area (Å²) in [6.07, 6.45) is 4.71. The number of hydrogen-bond acceptors (Lipinski definition) is 3. The van der Waals surface area contributed by atoms with Crippen LogP contribution < -0.4 is 5.32 Å². The largest absolute Gasteiger partial charge is 0.394 e. The van der Waals surface area contributed by atoms with E-state index in [1.807, 2.05) is 13.0 Å². The van der Waals surface area contributed by atoms with Gasteiger partial charge in [-0.25, -0.2) is 0 Å². The van der Waals surface area contributed by atoms with Crippen molar-refractivity contribution in [2.24, 2.45) is 13.0 Å². The van der Waals surface area contributed by atoms with E-state index in [9.17, 15) is 9.90 Å². The lowest BCUT2D eigenvalue weighted by Crippen LogP contribution is -2.54. The molecule has 0 bridgehead atoms. The molecule has 0 aromatic carbocycles. The van der Waals surface area contributed by atoms with Crippen LogP contribution in [0.15, 0.2) is 6.07 Å². The van der Waals surface area contributed by atoms with Crippen LogP contribution in [0.1, 0.15) is 55.7 Å². The minimum atomic E-state index is -0.467. The quantitative estimate of drug-likeness (QED) is 0.880. The molecule has 2 rings (SSSR count). The Labute approximate surface area is 120 Å². The van der Waals surface area contributed by atoms with Crippen molar-refractivity contribution in [1.29, 1.82) is 0 Å². The van der Waals surface area contributed by atoms with Crippen LogP contribution in [0.4, 0.5) is 0 Å². The first kappa shape index (κ1) is 15.0. The number of nitrogens with zero attached hydrogens (tertiary/aromatic N) is 2. The van der Waals surface area contributed by atoms with Crippen LogP contribution in [0.25, 0.3) is 0 Å². The molecule has 1 saturated carbocycles. The van der Waals surface area contributed by atoms with E-state index >= 15 is 0 Å². The van der Waals surface area contributed by atoms with Crippen molar-refractivity contribution in [3.05, 3.63) is 17.5 Å². The maximum Gasteiger partial charge on any atom is 0.270 e. The Hall–Kier alpha value is -1.36. The molecule has 0 saturated heterocycles. The second kappa shape index (κ2) is 5.95. The van der Waals surface area contributed by atoms with E-state index in [2.05, 4.69) is 17.3 Å². The zero-order valence-corrected chi connectivity index (χ0v) is 12.6. The molecule has 1 aromatic heterocycles. The number of rotatable bonds is 4. The highest BCUT2D eigenvalue weighted by atomic mass is 16.3. The van der Waals surface area contributed by atoms with E-state index < -0.39 is 5.54 Å². The summed E-state index contributed by atoms with van der Waals surface area (Å²) in [4.78, 5) is 12.5. The van der Waals surface area contributed by atoms with Crippen molar-refractivity contribution in [3.63, 3.8) is 0 Å². The molecule has 0 spiro atoms. The van der Waals surface area contributed by atoms with Crippen LogP contribution in [0.3, 0.4) is 0 Å². The number of amides is 1. The maximum atomic E-state index is 12.5. The van der Waals surface area contributed by atoms with Gasteiger partial charge in [-0.15, -0.1) is 0 Å². The van der Waals surface area contributed by atoms with E-state index in [0.717, 1.165) is 31.4 Å². The van der Waals surface area contributed by atoms with Crippen LogP contribution in [0.5, 0.6) is 0 Å². The van der Waals surface area contributed by atoms with E-state index in [-0.39, 0.29) is 12.5 Å². The third-order valence-electron chi connectivity index (χ3n) is 4.30. The van der Waals surface area contributed by atoms with Gasteiger partial charge in [-0.1, -0.05) is 26.7 Å². The summed E-state index contributed by atoms with van der Waals surface area (Å²) in [7, 11) is 1.78. The van der Waals surface area contributed by atoms with E-state index in [4.69, 9.17) is 0 Å². The molecule has 1 heterocycles. The second-order valence-electron chi connectivity index (χ2n) is 6.09. The minimum absolute atomic E-state index is 0.00155. The van der Waals surface area contributed by atoms with Crippen molar-refractivity contribution in [2.75, 3.05) is 6.61 Å². The monoisotopic (exact) mass is 279 g/mol. The Morgan fingerprint density at radius 2 is 2.40 bits per heavy atom. The van der Waals surface area contributed by atoms with Gasteiger partial charge in [-0.05, 0) is 31.2 Å². The number of hydrogen-bond donors (Lipinski definition) is 2. The van der Waals surface area contributed by atoms with Crippen LogP contribution in [-0.4, -0.2) is 32.9 Å². The van der Waals surface area contributed by atoms with E-state index in [1.54, 1.807) is 11.7 Å². The number of carbonyl (C=O) groups excluding carboxylic acids is 1. The molecule has 1 aromatic rings. The molecule has 0 aliphatic heterocycles. The van der Waals surface area contributed by atoms with Crippen molar-refractivity contribution in [2.45, 2.75) is 51.5 Å². The highest BCUT2D eigenvalue weighted by Crippen LogP contribution is 2.32. The van der Waals surface area contributed by atoms with E-state index in [0.29, 0.717) is 11.6 Å². The molecule has 2 atom stereocenters. The highest BCUT2D eigenvalue weighted by molar-refractivity contribution is 5.93. The Balaban J connectivity index is 2.14. The molecule has 2 unspecified atom stereocenters. The summed E-state index contributed by atoms with van der Waals surface area (Å²) < 4.78 is 1.62. The fraction of sp³-hybridized carbons (Fsp3) is 0.733. The fourth-order valence-electron chi connectivity index (χ4n) is 3.17. The lowest BCUT2D eigenvalue weighted by Gasteiger charge is -2.39. The Morgan fingerprint density at radius 1 is 1.65 bits per heavy atom. The van der Waals surface area contributed by atoms with Crippen molar-refractivity contribution >= 4 is 5.91 Å². The van der Waals surface area contributed by atoms with Gasteiger partial charge in [0, 0.05) is 7.05 Å². The van der Waals surface area contributed by atoms with Gasteiger partial charge in [0.2, 0.25) is 0 Å². The number of aromatic nitrogens is 2. The predicted molar refractivity (Wildman–Crippen MR) is 77.5 cm³/mol. The maximum absolute atomic E-state index is 12.5. The third kappa shape index (κ3) is 3.03. The van der Waals surface area contributed by atoms with Gasteiger partial charge in [0.05, 0.1) is 17.8 Å². The lowest BCUT2D eigenvalue weighted by molar-refractivity contribution is 0.0689. The zero-order valence-electron chi connectivity index (χ0n) is 12.6. The van der Waals surface area contributed by atoms with Gasteiger partial charge in [-0.3, -0.25) is 9.48 Å². The lowest BCUT2D eigenvalue weighted by atomic mass is 9.77. The Morgan fingerprint density at radius 3 is 2.95 bits per heavy atom. The molecular weight excluding hydrogens is 254 g/mol. The SMILES string of the molecule is CCc1cc(C(=O)NC2(CO)CCCC(C)C2)n(C)n1. The molecular formula is C15H25N3O2. The van der Waals surface area contributed by atoms with Gasteiger partial charge in [0.1, 0.15) is 5.69 Å². The zero-order chi connectivity index (χ0) is 14.8. The van der Waals surface area contributed by atoms with Crippen molar-refractivity contribution in [1.82, 2.24) is 15.1 Å². The Bertz CT molecular complexity index is 483. The highest BCUT2D eigenvalue weighted by Gasteiger charge is 2.36. The van der Waals surface area contributed by atoms with Crippen LogP contribution >= 0.6 is 0 Å². The number of nitrogens with one attached hydrogen (secondary N) is 1. The molecule has 2 N–H and O–H groups in total. The fourth-order valence-corrected chi connectivity index (χ4v) is 3.17. The summed E-state index contributed by atoms with van der Waals surface area (Å²) in [5.74, 6) is 0.400. The summed E-state index contributed by atoms with van der Waals surface area (Å²) in [5, 5.41) is 17.1. The van der Waals surface area contributed by atoms with Crippen molar-refractivity contribution < 1.29 is 9.90 Å². The first-order chi connectivity index (χ1) is 9.49. The van der Waals surface area contributed by atoms with Gasteiger partial charge in [0.25, 0.3) is 5.91 Å². The molecule has 1 aliphatic rings. The van der Waals surface area contributed by atoms with Crippen LogP contribution in [0, 0.1) is 5.92 Å². The van der Waals surface area contributed by atoms with Gasteiger partial charge in [0.15, 0.2) is 0 Å². The first-order valence-corrected chi connectivity index (χ1v) is 7.46. The summed E-state index contributed by atoms with van der Waals surface area (Å²) in [6, 6.07) is 1.83. The molecule has 5 heteroatoms. The van der Waals surface area contributed by atoms with Gasteiger partial charge < -0.3 is 10.4 Å².